The van der Waals surface area contributed by atoms with Gasteiger partial charge in [0, 0.05) is 11.2 Å². The van der Waals surface area contributed by atoms with Gasteiger partial charge in [0.05, 0.1) is 0 Å². The van der Waals surface area contributed by atoms with Crippen molar-refractivity contribution in [3.8, 4) is 0 Å². The maximum Gasteiger partial charge on any atom is 0.0266 e. The van der Waals surface area contributed by atoms with Crippen LogP contribution in [0.2, 0.25) is 0 Å². The van der Waals surface area contributed by atoms with Crippen molar-refractivity contribution in [1.29, 1.82) is 0 Å². The Balaban J connectivity index is 3.09. The van der Waals surface area contributed by atoms with Gasteiger partial charge in [-0.3, -0.25) is 9.35 Å². The van der Waals surface area contributed by atoms with Crippen LogP contribution in [0, 0.1) is 0 Å². The average molecular weight is 157 g/mol. The fraction of sp³-hybridized carbons (Fsp3) is 0.143. The molecule has 0 heterocycles. The fourth-order valence-corrected chi connectivity index (χ4v) is 1.49. The lowest BCUT2D eigenvalue weighted by atomic mass is 10.4. The molecule has 2 nitrogen and oxygen atoms in total. The van der Waals surface area contributed by atoms with Crippen LogP contribution in [-0.2, 0) is 10.1 Å². The molecule has 0 saturated carbocycles. The maximum atomic E-state index is 11.2. The molecule has 0 aliphatic heterocycles. The quantitative estimate of drug-likeness (QED) is 0.575. The molecule has 0 fully saturated rings. The van der Waals surface area contributed by atoms with E-state index in [1.54, 1.807) is 18.4 Å². The first-order valence-corrected chi connectivity index (χ1v) is 5.25. The Morgan fingerprint density at radius 2 is 1.80 bits per heavy atom. The number of rotatable bonds is 1. The lowest BCUT2D eigenvalue weighted by Crippen LogP contribution is -2.20. The van der Waals surface area contributed by atoms with Gasteiger partial charge in [-0.05, 0) is 22.3 Å². The second-order valence-corrected chi connectivity index (χ2v) is 4.82. The molecule has 2 N–H and O–H groups in total. The maximum absolute atomic E-state index is 11.2. The zero-order chi connectivity index (χ0) is 7.61. The molecule has 56 valence electrons. The monoisotopic (exact) mass is 157 g/mol. The van der Waals surface area contributed by atoms with Crippen molar-refractivity contribution in [2.45, 2.75) is 4.90 Å². The van der Waals surface area contributed by atoms with E-state index in [-0.39, 0.29) is 0 Å². The second kappa shape index (κ2) is 2.52. The molecular weight excluding hydrogens is 146 g/mol. The van der Waals surface area contributed by atoms with Gasteiger partial charge in [-0.1, -0.05) is 18.2 Å². The summed E-state index contributed by atoms with van der Waals surface area (Å²) in [6.07, 6.45) is 1.56. The van der Waals surface area contributed by atoms with Crippen LogP contribution in [0.1, 0.15) is 0 Å². The van der Waals surface area contributed by atoms with Crippen molar-refractivity contribution in [1.82, 2.24) is 0 Å². The third-order valence-corrected chi connectivity index (χ3v) is 2.59. The largest absolute Gasteiger partial charge is 0.270 e. The summed E-state index contributed by atoms with van der Waals surface area (Å²) in [7, 11) is -2.52. The Hall–Kier alpha value is -0.670. The van der Waals surface area contributed by atoms with Crippen molar-refractivity contribution in [3.63, 3.8) is 0 Å². The molecule has 0 aromatic heterocycles. The number of thiol groups is 1. The highest BCUT2D eigenvalue weighted by atomic mass is 32.3. The molecule has 0 aliphatic carbocycles. The summed E-state index contributed by atoms with van der Waals surface area (Å²) in [6, 6.07) is 9.09. The van der Waals surface area contributed by atoms with E-state index in [9.17, 15) is 4.21 Å². The molecular formula is C7H11NOS. The predicted octanol–water partition coefficient (Wildman–Crippen LogP) is 0.566. The SMILES string of the molecule is C[SH](N)(=O)c1ccccc1. The molecule has 3 heteroatoms. The Morgan fingerprint density at radius 1 is 1.30 bits per heavy atom. The molecule has 0 atom stereocenters. The van der Waals surface area contributed by atoms with E-state index in [2.05, 4.69) is 0 Å². The van der Waals surface area contributed by atoms with E-state index in [4.69, 9.17) is 5.14 Å². The van der Waals surface area contributed by atoms with E-state index in [0.29, 0.717) is 0 Å². The highest BCUT2D eigenvalue weighted by Crippen LogP contribution is 2.08. The van der Waals surface area contributed by atoms with Crippen LogP contribution >= 0.6 is 0 Å². The van der Waals surface area contributed by atoms with Gasteiger partial charge in [-0.2, -0.15) is 0 Å². The topological polar surface area (TPSA) is 43.1 Å². The van der Waals surface area contributed by atoms with Crippen LogP contribution in [-0.4, -0.2) is 10.5 Å². The van der Waals surface area contributed by atoms with E-state index in [0.717, 1.165) is 4.90 Å². The lowest BCUT2D eigenvalue weighted by Gasteiger charge is -2.10. The molecule has 0 aliphatic rings. The van der Waals surface area contributed by atoms with E-state index >= 15 is 0 Å². The minimum atomic E-state index is -2.52. The lowest BCUT2D eigenvalue weighted by molar-refractivity contribution is 0.675. The first-order valence-electron chi connectivity index (χ1n) is 3.02. The van der Waals surface area contributed by atoms with Gasteiger partial charge in [0.1, 0.15) is 0 Å². The summed E-state index contributed by atoms with van der Waals surface area (Å²) < 4.78 is 11.2. The minimum absolute atomic E-state index is 0.731. The molecule has 0 bridgehead atoms. The van der Waals surface area contributed by atoms with Crippen LogP contribution in [0.3, 0.4) is 0 Å². The van der Waals surface area contributed by atoms with Crippen molar-refractivity contribution in [3.05, 3.63) is 30.3 Å². The van der Waals surface area contributed by atoms with Gasteiger partial charge in [-0.15, -0.1) is 0 Å². The number of nitrogens with two attached hydrogens (primary N) is 1. The molecule has 10 heavy (non-hydrogen) atoms. The van der Waals surface area contributed by atoms with Gasteiger partial charge in [0.15, 0.2) is 0 Å². The van der Waals surface area contributed by atoms with Crippen molar-refractivity contribution in [2.75, 3.05) is 6.26 Å². The minimum Gasteiger partial charge on any atom is -0.270 e. The Morgan fingerprint density at radius 3 is 2.10 bits per heavy atom. The molecule has 0 amide bonds. The van der Waals surface area contributed by atoms with Crippen LogP contribution in [0.4, 0.5) is 0 Å². The Kier molecular flexibility index (Phi) is 1.87. The summed E-state index contributed by atoms with van der Waals surface area (Å²) >= 11 is 0. The van der Waals surface area contributed by atoms with Crippen molar-refractivity contribution < 1.29 is 4.21 Å². The van der Waals surface area contributed by atoms with Crippen molar-refractivity contribution in [2.24, 2.45) is 5.14 Å². The van der Waals surface area contributed by atoms with Crippen LogP contribution in [0.15, 0.2) is 35.2 Å². The van der Waals surface area contributed by atoms with E-state index in [1.807, 2.05) is 18.2 Å². The zero-order valence-corrected chi connectivity index (χ0v) is 6.71. The summed E-state index contributed by atoms with van der Waals surface area (Å²) in [5, 5.41) is 5.41. The average Bonchev–Trinajstić information content (AvgIpc) is 1.88. The molecule has 0 spiro atoms. The third-order valence-electron chi connectivity index (χ3n) is 1.27. The Bertz CT molecular complexity index is 252. The molecule has 0 unspecified atom stereocenters. The summed E-state index contributed by atoms with van der Waals surface area (Å²) in [5.74, 6) is 0. The van der Waals surface area contributed by atoms with Gasteiger partial charge in [-0.25, -0.2) is 0 Å². The highest BCUT2D eigenvalue weighted by molar-refractivity contribution is 8.00. The standard InChI is InChI=1S/C7H11NOS/c1-10(8,9)7-5-3-2-4-6-7/h2-6,10H,1H3,(H2,8,9). The molecule has 1 aromatic rings. The van der Waals surface area contributed by atoms with Crippen molar-refractivity contribution >= 4 is 10.1 Å². The summed E-state index contributed by atoms with van der Waals surface area (Å²) in [4.78, 5) is 0.731. The number of benzene rings is 1. The third kappa shape index (κ3) is 1.65. The zero-order valence-electron chi connectivity index (χ0n) is 5.82. The van der Waals surface area contributed by atoms with E-state index < -0.39 is 10.1 Å². The van der Waals surface area contributed by atoms with Gasteiger partial charge in [0.2, 0.25) is 0 Å². The highest BCUT2D eigenvalue weighted by Gasteiger charge is 2.01. The second-order valence-electron chi connectivity index (χ2n) is 2.33. The fourth-order valence-electron chi connectivity index (χ4n) is 0.724. The van der Waals surface area contributed by atoms with Gasteiger partial charge >= 0.3 is 0 Å². The number of hydrogen-bond acceptors (Lipinski definition) is 1. The smallest absolute Gasteiger partial charge is 0.0266 e. The first kappa shape index (κ1) is 7.44. The summed E-state index contributed by atoms with van der Waals surface area (Å²) in [6.45, 7) is 0. The van der Waals surface area contributed by atoms with Gasteiger partial charge < -0.3 is 0 Å². The predicted molar refractivity (Wildman–Crippen MR) is 44.4 cm³/mol. The summed E-state index contributed by atoms with van der Waals surface area (Å²) in [5.41, 5.74) is 0. The molecule has 0 saturated heterocycles. The molecule has 1 rings (SSSR count). The van der Waals surface area contributed by atoms with Gasteiger partial charge in [0.25, 0.3) is 0 Å². The first-order chi connectivity index (χ1) is 4.61. The normalized spacial score (nSPS) is 13.0. The molecule has 0 radical (unpaired) electrons. The van der Waals surface area contributed by atoms with E-state index in [1.165, 1.54) is 0 Å². The Labute approximate surface area is 61.6 Å². The molecule has 1 aromatic carbocycles. The number of hydrogen-bond donors (Lipinski definition) is 2. The van der Waals surface area contributed by atoms with Crippen LogP contribution < -0.4 is 5.14 Å². The van der Waals surface area contributed by atoms with Crippen LogP contribution in [0.5, 0.6) is 0 Å². The van der Waals surface area contributed by atoms with Crippen LogP contribution in [0.25, 0.3) is 0 Å².